The van der Waals surface area contributed by atoms with Gasteiger partial charge in [0.15, 0.2) is 0 Å². The Morgan fingerprint density at radius 2 is 2.06 bits per heavy atom. The fourth-order valence-corrected chi connectivity index (χ4v) is 1.26. The van der Waals surface area contributed by atoms with Crippen molar-refractivity contribution in [1.82, 2.24) is 10.1 Å². The molecule has 0 atom stereocenters. The first-order valence-corrected chi connectivity index (χ1v) is 4.92. The maximum atomic E-state index is 11.7. The summed E-state index contributed by atoms with van der Waals surface area (Å²) in [7, 11) is 0. The molecule has 1 amide bonds. The second-order valence-electron chi connectivity index (χ2n) is 3.40. The lowest BCUT2D eigenvalue weighted by Crippen LogP contribution is -2.12. The first-order chi connectivity index (χ1) is 8.56. The van der Waals surface area contributed by atoms with Gasteiger partial charge in [-0.1, -0.05) is 0 Å². The summed E-state index contributed by atoms with van der Waals surface area (Å²) in [5, 5.41) is 16.4. The van der Waals surface area contributed by atoms with E-state index in [1.165, 1.54) is 24.3 Å². The summed E-state index contributed by atoms with van der Waals surface area (Å²) in [5.74, 6) is -0.0875. The van der Waals surface area contributed by atoms with Crippen molar-refractivity contribution in [2.45, 2.75) is 6.92 Å². The predicted octanol–water partition coefficient (Wildman–Crippen LogP) is 1.54. The highest BCUT2D eigenvalue weighted by molar-refractivity contribution is 6.03. The highest BCUT2D eigenvalue weighted by atomic mass is 16.6. The van der Waals surface area contributed by atoms with Gasteiger partial charge in [-0.15, -0.1) is 0 Å². The molecule has 1 N–H and O–H groups in total. The molecular weight excluding hydrogens is 240 g/mol. The standard InChI is InChI=1S/C10H8N4O4/c1-6-11-10(13-18-6)12-9(15)7-2-4-8(5-3-7)14(16)17/h2-5H,1H3,(H,12,13,15). The quantitative estimate of drug-likeness (QED) is 0.651. The molecule has 0 aliphatic heterocycles. The van der Waals surface area contributed by atoms with Crippen LogP contribution in [-0.4, -0.2) is 21.0 Å². The second-order valence-corrected chi connectivity index (χ2v) is 3.40. The summed E-state index contributed by atoms with van der Waals surface area (Å²) in [6.45, 7) is 1.59. The highest BCUT2D eigenvalue weighted by Gasteiger charge is 2.11. The van der Waals surface area contributed by atoms with Gasteiger partial charge < -0.3 is 4.52 Å². The smallest absolute Gasteiger partial charge is 0.270 e. The van der Waals surface area contributed by atoms with E-state index in [1.54, 1.807) is 6.92 Å². The van der Waals surface area contributed by atoms with Gasteiger partial charge in [0.1, 0.15) is 0 Å². The number of aromatic nitrogens is 2. The minimum Gasteiger partial charge on any atom is -0.338 e. The van der Waals surface area contributed by atoms with Gasteiger partial charge in [0, 0.05) is 24.6 Å². The van der Waals surface area contributed by atoms with Gasteiger partial charge in [0.25, 0.3) is 17.5 Å². The van der Waals surface area contributed by atoms with Crippen LogP contribution in [0.5, 0.6) is 0 Å². The zero-order valence-corrected chi connectivity index (χ0v) is 9.28. The van der Waals surface area contributed by atoms with E-state index in [0.717, 1.165) is 0 Å². The maximum absolute atomic E-state index is 11.7. The Kier molecular flexibility index (Phi) is 3.00. The monoisotopic (exact) mass is 248 g/mol. The summed E-state index contributed by atoms with van der Waals surface area (Å²) < 4.78 is 4.69. The van der Waals surface area contributed by atoms with Crippen molar-refractivity contribution >= 4 is 17.5 Å². The zero-order valence-electron chi connectivity index (χ0n) is 9.28. The van der Waals surface area contributed by atoms with E-state index in [0.29, 0.717) is 5.89 Å². The van der Waals surface area contributed by atoms with Gasteiger partial charge in [0.2, 0.25) is 5.89 Å². The number of rotatable bonds is 3. The normalized spacial score (nSPS) is 10.1. The number of nitrogens with zero attached hydrogens (tertiary/aromatic N) is 3. The van der Waals surface area contributed by atoms with Crippen LogP contribution >= 0.6 is 0 Å². The number of hydrogen-bond acceptors (Lipinski definition) is 6. The van der Waals surface area contributed by atoms with Crippen LogP contribution in [0.2, 0.25) is 0 Å². The Bertz CT molecular complexity index is 590. The molecule has 2 rings (SSSR count). The molecule has 92 valence electrons. The number of nitro benzene ring substituents is 1. The van der Waals surface area contributed by atoms with E-state index >= 15 is 0 Å². The van der Waals surface area contributed by atoms with Gasteiger partial charge in [-0.3, -0.25) is 20.2 Å². The molecule has 1 aromatic heterocycles. The van der Waals surface area contributed by atoms with Gasteiger partial charge in [-0.05, 0) is 17.3 Å². The summed E-state index contributed by atoms with van der Waals surface area (Å²) in [4.78, 5) is 25.4. The summed E-state index contributed by atoms with van der Waals surface area (Å²) in [5.41, 5.74) is 0.185. The average Bonchev–Trinajstić information content (AvgIpc) is 2.75. The van der Waals surface area contributed by atoms with E-state index in [4.69, 9.17) is 0 Å². The lowest BCUT2D eigenvalue weighted by molar-refractivity contribution is -0.384. The molecule has 0 radical (unpaired) electrons. The van der Waals surface area contributed by atoms with Gasteiger partial charge in [0.05, 0.1) is 4.92 Å². The number of non-ortho nitro benzene ring substituents is 1. The Balaban J connectivity index is 2.11. The lowest BCUT2D eigenvalue weighted by Gasteiger charge is -1.99. The molecule has 0 fully saturated rings. The third kappa shape index (κ3) is 2.48. The molecule has 1 heterocycles. The molecule has 0 aliphatic rings. The predicted molar refractivity (Wildman–Crippen MR) is 60.1 cm³/mol. The fraction of sp³-hybridized carbons (Fsp3) is 0.100. The van der Waals surface area contributed by atoms with Crippen LogP contribution < -0.4 is 5.32 Å². The third-order valence-electron chi connectivity index (χ3n) is 2.09. The topological polar surface area (TPSA) is 111 Å². The molecule has 8 nitrogen and oxygen atoms in total. The summed E-state index contributed by atoms with van der Waals surface area (Å²) in [6.07, 6.45) is 0. The molecule has 2 aromatic rings. The number of hydrogen-bond donors (Lipinski definition) is 1. The molecule has 18 heavy (non-hydrogen) atoms. The molecule has 0 unspecified atom stereocenters. The number of nitro groups is 1. The van der Waals surface area contributed by atoms with Crippen LogP contribution in [0.25, 0.3) is 0 Å². The maximum Gasteiger partial charge on any atom is 0.270 e. The Morgan fingerprint density at radius 1 is 1.39 bits per heavy atom. The Labute approximate surface area is 101 Å². The number of nitrogens with one attached hydrogen (secondary N) is 1. The average molecular weight is 248 g/mol. The molecule has 0 aliphatic carbocycles. The van der Waals surface area contributed by atoms with Crippen molar-refractivity contribution in [3.63, 3.8) is 0 Å². The van der Waals surface area contributed by atoms with E-state index < -0.39 is 10.8 Å². The summed E-state index contributed by atoms with van der Waals surface area (Å²) in [6, 6.07) is 5.19. The molecule has 0 bridgehead atoms. The number of benzene rings is 1. The van der Waals surface area contributed by atoms with Crippen molar-refractivity contribution in [2.75, 3.05) is 5.32 Å². The van der Waals surface area contributed by atoms with Crippen molar-refractivity contribution in [2.24, 2.45) is 0 Å². The molecular formula is C10H8N4O4. The van der Waals surface area contributed by atoms with E-state index in [-0.39, 0.29) is 17.2 Å². The van der Waals surface area contributed by atoms with Crippen molar-refractivity contribution in [3.8, 4) is 0 Å². The number of carbonyl (C=O) groups is 1. The van der Waals surface area contributed by atoms with Crippen LogP contribution in [0.15, 0.2) is 28.8 Å². The molecule has 0 saturated heterocycles. The first-order valence-electron chi connectivity index (χ1n) is 4.92. The minimum absolute atomic E-state index is 0.0517. The molecule has 8 heteroatoms. The number of aryl methyl sites for hydroxylation is 1. The van der Waals surface area contributed by atoms with Gasteiger partial charge in [-0.25, -0.2) is 0 Å². The van der Waals surface area contributed by atoms with Crippen molar-refractivity contribution in [1.29, 1.82) is 0 Å². The van der Waals surface area contributed by atoms with Gasteiger partial charge >= 0.3 is 0 Å². The fourth-order valence-electron chi connectivity index (χ4n) is 1.26. The molecule has 1 aromatic carbocycles. The van der Waals surface area contributed by atoms with Crippen LogP contribution in [-0.2, 0) is 0 Å². The first kappa shape index (κ1) is 11.7. The number of carbonyl (C=O) groups excluding carboxylic acids is 1. The van der Waals surface area contributed by atoms with Crippen molar-refractivity contribution < 1.29 is 14.2 Å². The molecule has 0 spiro atoms. The number of amides is 1. The summed E-state index contributed by atoms with van der Waals surface area (Å²) >= 11 is 0. The van der Waals surface area contributed by atoms with E-state index in [2.05, 4.69) is 20.0 Å². The second kappa shape index (κ2) is 4.62. The lowest BCUT2D eigenvalue weighted by atomic mass is 10.2. The SMILES string of the molecule is Cc1nc(NC(=O)c2ccc([N+](=O)[O-])cc2)no1. The van der Waals surface area contributed by atoms with Crippen molar-refractivity contribution in [3.05, 3.63) is 45.8 Å². The zero-order chi connectivity index (χ0) is 13.1. The van der Waals surface area contributed by atoms with Crippen LogP contribution in [0.1, 0.15) is 16.2 Å². The molecule has 0 saturated carbocycles. The Hall–Kier alpha value is -2.77. The van der Waals surface area contributed by atoms with E-state index in [9.17, 15) is 14.9 Å². The van der Waals surface area contributed by atoms with Gasteiger partial charge in [-0.2, -0.15) is 4.98 Å². The highest BCUT2D eigenvalue weighted by Crippen LogP contribution is 2.13. The van der Waals surface area contributed by atoms with E-state index in [1.807, 2.05) is 0 Å². The van der Waals surface area contributed by atoms with Crippen LogP contribution in [0, 0.1) is 17.0 Å². The van der Waals surface area contributed by atoms with Crippen LogP contribution in [0.4, 0.5) is 11.6 Å². The Morgan fingerprint density at radius 3 is 2.56 bits per heavy atom. The minimum atomic E-state index is -0.537. The largest absolute Gasteiger partial charge is 0.338 e. The third-order valence-corrected chi connectivity index (χ3v) is 2.09. The van der Waals surface area contributed by atoms with Crippen LogP contribution in [0.3, 0.4) is 0 Å². The number of anilines is 1.